The van der Waals surface area contributed by atoms with Gasteiger partial charge < -0.3 is 9.88 Å². The van der Waals surface area contributed by atoms with Crippen LogP contribution >= 0.6 is 0 Å². The lowest BCUT2D eigenvalue weighted by molar-refractivity contribution is 0.0764. The van der Waals surface area contributed by atoms with E-state index in [1.165, 1.54) is 28.4 Å². The Morgan fingerprint density at radius 2 is 1.69 bits per heavy atom. The Morgan fingerprint density at radius 1 is 0.906 bits per heavy atom. The van der Waals surface area contributed by atoms with Crippen LogP contribution in [0.5, 0.6) is 0 Å². The Hall–Kier alpha value is -2.64. The fraction of sp³-hybridized carbons (Fsp3) is 0.400. The maximum Gasteiger partial charge on any atom is 0.253 e. The zero-order chi connectivity index (χ0) is 22.3. The summed E-state index contributed by atoms with van der Waals surface area (Å²) in [6, 6.07) is 12.9. The van der Waals surface area contributed by atoms with Gasteiger partial charge in [-0.15, -0.1) is 0 Å². The maximum absolute atomic E-state index is 13.3. The van der Waals surface area contributed by atoms with Crippen LogP contribution in [-0.4, -0.2) is 54.7 Å². The van der Waals surface area contributed by atoms with Crippen LogP contribution in [0.25, 0.3) is 10.9 Å². The topological polar surface area (TPSA) is 73.5 Å². The number of carbonyl (C=O) groups excluding carboxylic acids is 1. The largest absolute Gasteiger partial charge is 0.358 e. The molecular formula is C25H29N3O3S. The van der Waals surface area contributed by atoms with Crippen LogP contribution in [0.1, 0.15) is 46.4 Å². The number of aromatic amines is 1. The van der Waals surface area contributed by atoms with Crippen molar-refractivity contribution in [1.29, 1.82) is 0 Å². The molecule has 0 spiro atoms. The first-order valence-corrected chi connectivity index (χ1v) is 12.9. The van der Waals surface area contributed by atoms with Crippen molar-refractivity contribution in [3.05, 3.63) is 64.8 Å². The minimum absolute atomic E-state index is 0.0211. The molecule has 0 unspecified atom stereocenters. The van der Waals surface area contributed by atoms with Crippen LogP contribution in [0.15, 0.2) is 47.4 Å². The molecule has 0 bridgehead atoms. The fourth-order valence-corrected chi connectivity index (χ4v) is 6.39. The van der Waals surface area contributed by atoms with Gasteiger partial charge in [-0.1, -0.05) is 17.7 Å². The van der Waals surface area contributed by atoms with Crippen molar-refractivity contribution >= 4 is 26.8 Å². The van der Waals surface area contributed by atoms with Crippen molar-refractivity contribution < 1.29 is 13.2 Å². The third-order valence-corrected chi connectivity index (χ3v) is 8.66. The predicted octanol–water partition coefficient (Wildman–Crippen LogP) is 3.89. The molecule has 1 saturated heterocycles. The second-order valence-corrected chi connectivity index (χ2v) is 10.9. The minimum atomic E-state index is -3.56. The van der Waals surface area contributed by atoms with E-state index in [0.717, 1.165) is 29.3 Å². The maximum atomic E-state index is 13.3. The van der Waals surface area contributed by atoms with Crippen LogP contribution in [0.3, 0.4) is 0 Å². The zero-order valence-corrected chi connectivity index (χ0v) is 19.2. The average molecular weight is 452 g/mol. The summed E-state index contributed by atoms with van der Waals surface area (Å²) in [5.74, 6) is -0.0211. The van der Waals surface area contributed by atoms with Gasteiger partial charge in [-0.05, 0) is 74.9 Å². The number of nitrogens with one attached hydrogen (secondary N) is 1. The standard InChI is InChI=1S/C25H29N3O3S/c1-18-7-10-20(11-8-18)32(30,31)28-14-4-13-27(15-16-28)25(29)19-9-12-24-22(17-19)21-5-2-3-6-23(21)26-24/h7-12,17,26H,2-6,13-16H2,1H3. The number of hydrogen-bond acceptors (Lipinski definition) is 3. The van der Waals surface area contributed by atoms with Gasteiger partial charge in [0.05, 0.1) is 4.90 Å². The van der Waals surface area contributed by atoms with Gasteiger partial charge >= 0.3 is 0 Å². The highest BCUT2D eigenvalue weighted by atomic mass is 32.2. The molecule has 2 aliphatic rings. The molecular weight excluding hydrogens is 422 g/mol. The first-order valence-electron chi connectivity index (χ1n) is 11.4. The highest BCUT2D eigenvalue weighted by molar-refractivity contribution is 7.89. The number of nitrogens with zero attached hydrogens (tertiary/aromatic N) is 2. The van der Waals surface area contributed by atoms with Gasteiger partial charge in [-0.2, -0.15) is 4.31 Å². The lowest BCUT2D eigenvalue weighted by atomic mass is 9.95. The minimum Gasteiger partial charge on any atom is -0.358 e. The highest BCUT2D eigenvalue weighted by Crippen LogP contribution is 2.30. The summed E-state index contributed by atoms with van der Waals surface area (Å²) in [5.41, 5.74) is 5.46. The van der Waals surface area contributed by atoms with Gasteiger partial charge in [0, 0.05) is 48.3 Å². The van der Waals surface area contributed by atoms with Crippen molar-refractivity contribution in [1.82, 2.24) is 14.2 Å². The Morgan fingerprint density at radius 3 is 2.50 bits per heavy atom. The first-order chi connectivity index (χ1) is 15.4. The van der Waals surface area contributed by atoms with E-state index in [0.29, 0.717) is 43.1 Å². The summed E-state index contributed by atoms with van der Waals surface area (Å²) in [6.45, 7) is 3.62. The van der Waals surface area contributed by atoms with E-state index in [9.17, 15) is 13.2 Å². The van der Waals surface area contributed by atoms with Crippen LogP contribution in [0, 0.1) is 6.92 Å². The molecule has 1 fully saturated rings. The van der Waals surface area contributed by atoms with Gasteiger partial charge in [0.1, 0.15) is 0 Å². The van der Waals surface area contributed by atoms with Crippen molar-refractivity contribution in [2.24, 2.45) is 0 Å². The number of hydrogen-bond donors (Lipinski definition) is 1. The van der Waals surface area contributed by atoms with Crippen molar-refractivity contribution in [3.8, 4) is 0 Å². The van der Waals surface area contributed by atoms with E-state index in [-0.39, 0.29) is 5.91 Å². The van der Waals surface area contributed by atoms with E-state index in [2.05, 4.69) is 4.98 Å². The molecule has 0 atom stereocenters. The number of sulfonamides is 1. The smallest absolute Gasteiger partial charge is 0.253 e. The van der Waals surface area contributed by atoms with Gasteiger partial charge in [-0.25, -0.2) is 8.42 Å². The number of aromatic nitrogens is 1. The van der Waals surface area contributed by atoms with Crippen LogP contribution in [-0.2, 0) is 22.9 Å². The second-order valence-electron chi connectivity index (χ2n) is 8.91. The fourth-order valence-electron chi connectivity index (χ4n) is 4.92. The van der Waals surface area contributed by atoms with Gasteiger partial charge in [0.25, 0.3) is 5.91 Å². The van der Waals surface area contributed by atoms with Gasteiger partial charge in [0.2, 0.25) is 10.0 Å². The predicted molar refractivity (Wildman–Crippen MR) is 125 cm³/mol. The number of rotatable bonds is 3. The first kappa shape index (κ1) is 21.2. The van der Waals surface area contributed by atoms with E-state index < -0.39 is 10.0 Å². The van der Waals surface area contributed by atoms with Gasteiger partial charge in [0.15, 0.2) is 0 Å². The van der Waals surface area contributed by atoms with E-state index in [4.69, 9.17) is 0 Å². The molecule has 1 aromatic heterocycles. The summed E-state index contributed by atoms with van der Waals surface area (Å²) in [7, 11) is -3.56. The van der Waals surface area contributed by atoms with Crippen molar-refractivity contribution in [2.75, 3.05) is 26.2 Å². The number of H-pyrrole nitrogens is 1. The highest BCUT2D eigenvalue weighted by Gasteiger charge is 2.29. The Balaban J connectivity index is 1.34. The third-order valence-electron chi connectivity index (χ3n) is 6.75. The molecule has 1 aliphatic carbocycles. The lowest BCUT2D eigenvalue weighted by Gasteiger charge is -2.22. The van der Waals surface area contributed by atoms with E-state index in [1.54, 1.807) is 17.0 Å². The molecule has 1 N–H and O–H groups in total. The van der Waals surface area contributed by atoms with Crippen LogP contribution in [0.2, 0.25) is 0 Å². The van der Waals surface area contributed by atoms with E-state index >= 15 is 0 Å². The molecule has 5 rings (SSSR count). The number of amides is 1. The SMILES string of the molecule is Cc1ccc(S(=O)(=O)N2CCCN(C(=O)c3ccc4[nH]c5c(c4c3)CCCC5)CC2)cc1. The van der Waals surface area contributed by atoms with Gasteiger partial charge in [-0.3, -0.25) is 4.79 Å². The Labute approximate surface area is 189 Å². The molecule has 1 amide bonds. The van der Waals surface area contributed by atoms with Crippen molar-refractivity contribution in [3.63, 3.8) is 0 Å². The summed E-state index contributed by atoms with van der Waals surface area (Å²) in [4.78, 5) is 18.9. The summed E-state index contributed by atoms with van der Waals surface area (Å²) in [5, 5.41) is 1.16. The summed E-state index contributed by atoms with van der Waals surface area (Å²) in [6.07, 6.45) is 5.16. The Kier molecular flexibility index (Phi) is 5.55. The molecule has 0 saturated carbocycles. The van der Waals surface area contributed by atoms with Crippen LogP contribution < -0.4 is 0 Å². The molecule has 2 aromatic carbocycles. The summed E-state index contributed by atoms with van der Waals surface area (Å²) >= 11 is 0. The number of aryl methyl sites for hydroxylation is 3. The molecule has 2 heterocycles. The number of carbonyl (C=O) groups is 1. The Bertz CT molecular complexity index is 1260. The molecule has 3 aromatic rings. The molecule has 1 aliphatic heterocycles. The zero-order valence-electron chi connectivity index (χ0n) is 18.4. The number of benzene rings is 2. The average Bonchev–Trinajstić information content (AvgIpc) is 2.98. The molecule has 168 valence electrons. The summed E-state index contributed by atoms with van der Waals surface area (Å²) < 4.78 is 27.7. The third kappa shape index (κ3) is 3.84. The monoisotopic (exact) mass is 451 g/mol. The van der Waals surface area contributed by atoms with Crippen molar-refractivity contribution in [2.45, 2.75) is 43.9 Å². The van der Waals surface area contributed by atoms with E-state index in [1.807, 2.05) is 37.3 Å². The molecule has 7 heteroatoms. The molecule has 0 radical (unpaired) electrons. The quantitative estimate of drug-likeness (QED) is 0.657. The molecule has 6 nitrogen and oxygen atoms in total. The normalized spacial score (nSPS) is 17.8. The van der Waals surface area contributed by atoms with Crippen LogP contribution in [0.4, 0.5) is 0 Å². The lowest BCUT2D eigenvalue weighted by Crippen LogP contribution is -2.37. The molecule has 32 heavy (non-hydrogen) atoms. The second kappa shape index (κ2) is 8.37. The number of fused-ring (bicyclic) bond motifs is 3.